The van der Waals surface area contributed by atoms with Crippen molar-refractivity contribution in [1.82, 2.24) is 24.8 Å². The van der Waals surface area contributed by atoms with Gasteiger partial charge in [0.05, 0.1) is 23.8 Å². The molecule has 0 radical (unpaired) electrons. The summed E-state index contributed by atoms with van der Waals surface area (Å²) < 4.78 is 110. The maximum Gasteiger partial charge on any atom is 0.418 e. The number of anilines is 1. The van der Waals surface area contributed by atoms with Gasteiger partial charge in [-0.25, -0.2) is 18.3 Å². The number of nitrogens with zero attached hydrogens (tertiary/aromatic N) is 4. The molecule has 1 saturated heterocycles. The van der Waals surface area contributed by atoms with Gasteiger partial charge in [0.1, 0.15) is 29.8 Å². The summed E-state index contributed by atoms with van der Waals surface area (Å²) in [6.45, 7) is 0.726. The standard InChI is InChI=1S/C23H20F8N6O2/c1-9-3-14(24)12(17-5-13(23(29,30)31)18-19(32)33-8-34-37(17)18)4-11(9)20(38)35-16-7-36(6-15(16)25)21(39)10(2)22(26,27)28/h3-5,8,10,15-16H,6-7H2,1-2H3,(H,35,38)(H2,32,33,34)/t10?,15-,16+/m0/s1. The van der Waals surface area contributed by atoms with Gasteiger partial charge in [0.25, 0.3) is 5.91 Å². The number of benzene rings is 1. The van der Waals surface area contributed by atoms with E-state index in [1.807, 2.05) is 0 Å². The number of hydrogen-bond acceptors (Lipinski definition) is 5. The van der Waals surface area contributed by atoms with Crippen LogP contribution in [0.2, 0.25) is 0 Å². The van der Waals surface area contributed by atoms with Crippen molar-refractivity contribution in [3.8, 4) is 11.3 Å². The van der Waals surface area contributed by atoms with Crippen LogP contribution in [0.25, 0.3) is 16.8 Å². The lowest BCUT2D eigenvalue weighted by molar-refractivity contribution is -0.185. The number of likely N-dealkylation sites (tertiary alicyclic amines) is 1. The minimum atomic E-state index is -4.91. The van der Waals surface area contributed by atoms with Crippen LogP contribution in [0.4, 0.5) is 40.9 Å². The second kappa shape index (κ2) is 9.64. The molecule has 2 aromatic heterocycles. The molecule has 3 atom stereocenters. The molecular weight excluding hydrogens is 544 g/mol. The van der Waals surface area contributed by atoms with Crippen LogP contribution < -0.4 is 11.1 Å². The summed E-state index contributed by atoms with van der Waals surface area (Å²) >= 11 is 0. The molecule has 1 aromatic carbocycles. The number of fused-ring (bicyclic) bond motifs is 1. The van der Waals surface area contributed by atoms with E-state index < -0.39 is 89.4 Å². The maximum absolute atomic E-state index is 15.0. The molecular formula is C23H20F8N6O2. The maximum atomic E-state index is 15.0. The number of nitrogens with one attached hydrogen (secondary N) is 1. The molecule has 1 aliphatic rings. The van der Waals surface area contributed by atoms with Crippen LogP contribution in [0.15, 0.2) is 24.5 Å². The number of hydrogen-bond donors (Lipinski definition) is 2. The number of amides is 2. The number of nitrogens with two attached hydrogens (primary N) is 1. The highest BCUT2D eigenvalue weighted by atomic mass is 19.4. The number of aromatic nitrogens is 3. The van der Waals surface area contributed by atoms with Crippen LogP contribution in [-0.4, -0.2) is 62.8 Å². The molecule has 2 amide bonds. The molecule has 0 bridgehead atoms. The predicted molar refractivity (Wildman–Crippen MR) is 120 cm³/mol. The molecule has 0 aliphatic carbocycles. The van der Waals surface area contributed by atoms with Crippen molar-refractivity contribution in [2.45, 2.75) is 38.4 Å². The molecule has 1 unspecified atom stereocenters. The third-order valence-electron chi connectivity index (χ3n) is 6.46. The third kappa shape index (κ3) is 5.18. The van der Waals surface area contributed by atoms with E-state index in [2.05, 4.69) is 15.4 Å². The molecule has 39 heavy (non-hydrogen) atoms. The highest BCUT2D eigenvalue weighted by molar-refractivity contribution is 5.97. The zero-order valence-electron chi connectivity index (χ0n) is 20.2. The van der Waals surface area contributed by atoms with E-state index >= 15 is 0 Å². The summed E-state index contributed by atoms with van der Waals surface area (Å²) in [7, 11) is 0. The fourth-order valence-corrected chi connectivity index (χ4v) is 4.33. The molecule has 1 aliphatic heterocycles. The van der Waals surface area contributed by atoms with E-state index in [0.29, 0.717) is 17.9 Å². The molecule has 16 heteroatoms. The Balaban J connectivity index is 1.66. The fourth-order valence-electron chi connectivity index (χ4n) is 4.33. The van der Waals surface area contributed by atoms with Crippen LogP contribution in [-0.2, 0) is 11.0 Å². The molecule has 3 N–H and O–H groups in total. The predicted octanol–water partition coefficient (Wildman–Crippen LogP) is 3.92. The van der Waals surface area contributed by atoms with Gasteiger partial charge in [0.2, 0.25) is 5.91 Å². The summed E-state index contributed by atoms with van der Waals surface area (Å²) in [5, 5.41) is 6.01. The quantitative estimate of drug-likeness (QED) is 0.468. The lowest BCUT2D eigenvalue weighted by Gasteiger charge is -2.22. The third-order valence-corrected chi connectivity index (χ3v) is 6.46. The van der Waals surface area contributed by atoms with E-state index in [9.17, 15) is 44.7 Å². The van der Waals surface area contributed by atoms with Crippen LogP contribution in [0.5, 0.6) is 0 Å². The SMILES string of the molecule is Cc1cc(F)c(-c2cc(C(F)(F)F)c3c(N)ncnn23)cc1C(=O)N[C@@H]1CN(C(=O)C(C)C(F)(F)F)C[C@@H]1F. The van der Waals surface area contributed by atoms with Gasteiger partial charge < -0.3 is 16.0 Å². The Morgan fingerprint density at radius 1 is 1.13 bits per heavy atom. The molecule has 3 aromatic rings. The Hall–Kier alpha value is -3.98. The average Bonchev–Trinajstić information content (AvgIpc) is 3.39. The zero-order chi connectivity index (χ0) is 29.0. The van der Waals surface area contributed by atoms with Crippen molar-refractivity contribution >= 4 is 23.1 Å². The highest BCUT2D eigenvalue weighted by Crippen LogP contribution is 2.39. The van der Waals surface area contributed by atoms with Crippen molar-refractivity contribution < 1.29 is 44.7 Å². The van der Waals surface area contributed by atoms with Crippen molar-refractivity contribution in [3.05, 3.63) is 47.0 Å². The van der Waals surface area contributed by atoms with E-state index in [4.69, 9.17) is 5.73 Å². The first kappa shape index (κ1) is 28.0. The van der Waals surface area contributed by atoms with Crippen molar-refractivity contribution in [3.63, 3.8) is 0 Å². The summed E-state index contributed by atoms with van der Waals surface area (Å²) in [6.07, 6.45) is -10.8. The van der Waals surface area contributed by atoms with Gasteiger partial charge in [0, 0.05) is 17.7 Å². The van der Waals surface area contributed by atoms with Gasteiger partial charge in [-0.3, -0.25) is 9.59 Å². The largest absolute Gasteiger partial charge is 0.418 e. The van der Waals surface area contributed by atoms with E-state index in [1.54, 1.807) is 0 Å². The van der Waals surface area contributed by atoms with Gasteiger partial charge in [-0.05, 0) is 37.6 Å². The molecule has 1 fully saturated rings. The monoisotopic (exact) mass is 564 g/mol. The van der Waals surface area contributed by atoms with Crippen molar-refractivity contribution in [2.75, 3.05) is 18.8 Å². The zero-order valence-corrected chi connectivity index (χ0v) is 20.2. The lowest BCUT2D eigenvalue weighted by atomic mass is 10.0. The number of nitrogen functional groups attached to an aromatic ring is 1. The lowest BCUT2D eigenvalue weighted by Crippen LogP contribution is -2.43. The number of aryl methyl sites for hydroxylation is 1. The summed E-state index contributed by atoms with van der Waals surface area (Å²) in [4.78, 5) is 29.3. The van der Waals surface area contributed by atoms with Gasteiger partial charge in [-0.1, -0.05) is 0 Å². The number of alkyl halides is 7. The highest BCUT2D eigenvalue weighted by Gasteiger charge is 2.46. The second-order valence-corrected chi connectivity index (χ2v) is 9.10. The van der Waals surface area contributed by atoms with Crippen LogP contribution in [0.3, 0.4) is 0 Å². The normalized spacial score (nSPS) is 19.0. The van der Waals surface area contributed by atoms with Crippen LogP contribution >= 0.6 is 0 Å². The Morgan fingerprint density at radius 2 is 1.79 bits per heavy atom. The Morgan fingerprint density at radius 3 is 2.41 bits per heavy atom. The molecule has 0 spiro atoms. The summed E-state index contributed by atoms with van der Waals surface area (Å²) in [5.41, 5.74) is 2.65. The Kier molecular flexibility index (Phi) is 6.93. The molecule has 0 saturated carbocycles. The molecule has 3 heterocycles. The minimum absolute atomic E-state index is 0.0341. The Labute approximate surface area is 214 Å². The average molecular weight is 564 g/mol. The van der Waals surface area contributed by atoms with Gasteiger partial charge >= 0.3 is 12.4 Å². The van der Waals surface area contributed by atoms with Gasteiger partial charge in [-0.2, -0.15) is 31.4 Å². The van der Waals surface area contributed by atoms with Crippen LogP contribution in [0, 0.1) is 18.7 Å². The number of halogens is 8. The van der Waals surface area contributed by atoms with Gasteiger partial charge in [-0.15, -0.1) is 0 Å². The van der Waals surface area contributed by atoms with Gasteiger partial charge in [0.15, 0.2) is 5.82 Å². The molecule has 8 nitrogen and oxygen atoms in total. The first-order valence-corrected chi connectivity index (χ1v) is 11.3. The molecule has 210 valence electrons. The summed E-state index contributed by atoms with van der Waals surface area (Å²) in [6, 6.07) is 1.03. The summed E-state index contributed by atoms with van der Waals surface area (Å²) in [5.74, 6) is -6.24. The number of rotatable bonds is 4. The number of carbonyl (C=O) groups is 2. The first-order valence-electron chi connectivity index (χ1n) is 11.3. The topological polar surface area (TPSA) is 106 Å². The minimum Gasteiger partial charge on any atom is -0.382 e. The molecule has 4 rings (SSSR count). The van der Waals surface area contributed by atoms with E-state index in [1.165, 1.54) is 6.92 Å². The fraction of sp³-hybridized carbons (Fsp3) is 0.391. The van der Waals surface area contributed by atoms with Crippen molar-refractivity contribution in [2.24, 2.45) is 5.92 Å². The smallest absolute Gasteiger partial charge is 0.382 e. The first-order chi connectivity index (χ1) is 18.0. The number of carbonyl (C=O) groups excluding carboxylic acids is 2. The Bertz CT molecular complexity index is 1450. The second-order valence-electron chi connectivity index (χ2n) is 9.10. The van der Waals surface area contributed by atoms with Crippen LogP contribution in [0.1, 0.15) is 28.4 Å². The van der Waals surface area contributed by atoms with E-state index in [0.717, 1.165) is 23.0 Å². The van der Waals surface area contributed by atoms with Crippen molar-refractivity contribution in [1.29, 1.82) is 0 Å². The van der Waals surface area contributed by atoms with E-state index in [-0.39, 0.29) is 11.1 Å².